The van der Waals surface area contributed by atoms with E-state index in [1.165, 1.54) is 57.8 Å². The number of methoxy groups -OCH3 is 1. The molecular formula is C31H50O3. The Labute approximate surface area is 208 Å². The van der Waals surface area contributed by atoms with Gasteiger partial charge in [0.2, 0.25) is 0 Å². The highest BCUT2D eigenvalue weighted by molar-refractivity contribution is 5.77. The standard InChI is InChI=1S/C31H50O3/c1-8-34-27(32)26-24(28(26,3)4)15-18(2)21-9-10-22-20-16-25(33-7)31-17-19(31)11-14-30(31,6)23(20)12-13-29(21,22)5/h18-26H,8-17H2,1-7H3/t18-,19-,20+,21-,22+,23+,24-,25-,26+,29-,30-,31+/m1/s1. The molecule has 0 unspecified atom stereocenters. The first-order chi connectivity index (χ1) is 16.1. The zero-order chi connectivity index (χ0) is 24.3. The molecule has 1 spiro atoms. The molecular weight excluding hydrogens is 420 g/mol. The number of fused-ring (bicyclic) bond motifs is 4. The summed E-state index contributed by atoms with van der Waals surface area (Å²) < 4.78 is 11.7. The van der Waals surface area contributed by atoms with Crippen LogP contribution < -0.4 is 0 Å². The summed E-state index contributed by atoms with van der Waals surface area (Å²) in [5.41, 5.74) is 1.64. The van der Waals surface area contributed by atoms with E-state index in [-0.39, 0.29) is 17.3 Å². The van der Waals surface area contributed by atoms with E-state index in [1.807, 2.05) is 14.0 Å². The molecule has 0 heterocycles. The van der Waals surface area contributed by atoms with Crippen molar-refractivity contribution < 1.29 is 14.3 Å². The first-order valence-corrected chi connectivity index (χ1v) is 14.8. The van der Waals surface area contributed by atoms with Gasteiger partial charge in [0.1, 0.15) is 0 Å². The molecule has 3 heteroatoms. The first-order valence-electron chi connectivity index (χ1n) is 14.8. The predicted octanol–water partition coefficient (Wildman–Crippen LogP) is 7.13. The van der Waals surface area contributed by atoms with Gasteiger partial charge in [0.05, 0.1) is 18.6 Å². The number of esters is 1. The Morgan fingerprint density at radius 2 is 1.79 bits per heavy atom. The Morgan fingerprint density at radius 1 is 1.03 bits per heavy atom. The molecule has 12 atom stereocenters. The first kappa shape index (κ1) is 23.8. The van der Waals surface area contributed by atoms with Crippen LogP contribution in [0.25, 0.3) is 0 Å². The van der Waals surface area contributed by atoms with E-state index in [2.05, 4.69) is 34.6 Å². The fourth-order valence-corrected chi connectivity index (χ4v) is 12.0. The molecule has 34 heavy (non-hydrogen) atoms. The lowest BCUT2D eigenvalue weighted by atomic mass is 9.45. The molecule has 6 rings (SSSR count). The SMILES string of the molecule is CCOC(=O)[C@@H]1[C@@H](C[C@@H](C)[C@H]2CC[C@H]3[C@@H]4C[C@@H](OC)[C@]56C[C@H]5CC[C@]6(C)[C@H]4CC[C@]23C)C1(C)C. The van der Waals surface area contributed by atoms with Gasteiger partial charge in [-0.05, 0) is 122 Å². The number of carbonyl (C=O) groups excluding carboxylic acids is 1. The Bertz CT molecular complexity index is 850. The van der Waals surface area contributed by atoms with Crippen LogP contribution in [0.1, 0.15) is 99.3 Å². The van der Waals surface area contributed by atoms with Crippen LogP contribution in [0.2, 0.25) is 0 Å². The van der Waals surface area contributed by atoms with Crippen molar-refractivity contribution in [3.63, 3.8) is 0 Å². The maximum Gasteiger partial charge on any atom is 0.309 e. The van der Waals surface area contributed by atoms with Crippen molar-refractivity contribution in [2.45, 2.75) is 105 Å². The molecule has 0 aliphatic heterocycles. The van der Waals surface area contributed by atoms with E-state index in [4.69, 9.17) is 9.47 Å². The molecule has 0 aromatic carbocycles. The van der Waals surface area contributed by atoms with Gasteiger partial charge in [-0.15, -0.1) is 0 Å². The molecule has 3 nitrogen and oxygen atoms in total. The fraction of sp³-hybridized carbons (Fsp3) is 0.968. The number of hydrogen-bond acceptors (Lipinski definition) is 3. The number of hydrogen-bond donors (Lipinski definition) is 0. The fourth-order valence-electron chi connectivity index (χ4n) is 12.0. The van der Waals surface area contributed by atoms with Crippen LogP contribution in [0.4, 0.5) is 0 Å². The summed E-state index contributed by atoms with van der Waals surface area (Å²) in [6.07, 6.45) is 13.1. The molecule has 0 amide bonds. The highest BCUT2D eigenvalue weighted by Gasteiger charge is 2.77. The van der Waals surface area contributed by atoms with E-state index in [0.29, 0.717) is 40.8 Å². The van der Waals surface area contributed by atoms with Crippen LogP contribution >= 0.6 is 0 Å². The van der Waals surface area contributed by atoms with Crippen LogP contribution in [-0.2, 0) is 14.3 Å². The smallest absolute Gasteiger partial charge is 0.309 e. The Morgan fingerprint density at radius 3 is 2.47 bits per heavy atom. The third-order valence-corrected chi connectivity index (χ3v) is 13.8. The maximum absolute atomic E-state index is 12.6. The van der Waals surface area contributed by atoms with Crippen molar-refractivity contribution in [3.05, 3.63) is 0 Å². The van der Waals surface area contributed by atoms with Gasteiger partial charge in [-0.3, -0.25) is 4.79 Å². The van der Waals surface area contributed by atoms with Crippen LogP contribution in [0.5, 0.6) is 0 Å². The summed E-state index contributed by atoms with van der Waals surface area (Å²) in [6, 6.07) is 0. The van der Waals surface area contributed by atoms with Gasteiger partial charge in [0.15, 0.2) is 0 Å². The zero-order valence-electron chi connectivity index (χ0n) is 23.0. The summed E-state index contributed by atoms with van der Waals surface area (Å²) in [4.78, 5) is 12.6. The van der Waals surface area contributed by atoms with Crippen molar-refractivity contribution in [1.82, 2.24) is 0 Å². The second-order valence-electron chi connectivity index (χ2n) is 14.8. The number of carbonyl (C=O) groups is 1. The van der Waals surface area contributed by atoms with E-state index >= 15 is 0 Å². The predicted molar refractivity (Wildman–Crippen MR) is 135 cm³/mol. The lowest BCUT2D eigenvalue weighted by molar-refractivity contribution is -0.161. The molecule has 0 saturated heterocycles. The number of ether oxygens (including phenoxy) is 2. The van der Waals surface area contributed by atoms with Gasteiger partial charge in [-0.1, -0.05) is 34.6 Å². The van der Waals surface area contributed by atoms with Gasteiger partial charge < -0.3 is 9.47 Å². The third kappa shape index (κ3) is 2.83. The minimum absolute atomic E-state index is 0.0469. The lowest BCUT2D eigenvalue weighted by Gasteiger charge is -2.61. The van der Waals surface area contributed by atoms with Gasteiger partial charge >= 0.3 is 5.97 Å². The van der Waals surface area contributed by atoms with Crippen molar-refractivity contribution in [1.29, 1.82) is 0 Å². The van der Waals surface area contributed by atoms with Crippen molar-refractivity contribution in [3.8, 4) is 0 Å². The van der Waals surface area contributed by atoms with Crippen molar-refractivity contribution in [2.75, 3.05) is 13.7 Å². The molecule has 6 aliphatic rings. The minimum Gasteiger partial charge on any atom is -0.466 e. The Hall–Kier alpha value is -0.570. The molecule has 192 valence electrons. The molecule has 0 N–H and O–H groups in total. The molecule has 0 bridgehead atoms. The van der Waals surface area contributed by atoms with E-state index in [0.717, 1.165) is 29.6 Å². The quantitative estimate of drug-likeness (QED) is 0.387. The van der Waals surface area contributed by atoms with Gasteiger partial charge in [0.25, 0.3) is 0 Å². The summed E-state index contributed by atoms with van der Waals surface area (Å²) in [5, 5.41) is 0. The summed E-state index contributed by atoms with van der Waals surface area (Å²) in [5.74, 6) is 5.77. The van der Waals surface area contributed by atoms with Crippen molar-refractivity contribution >= 4 is 5.97 Å². The zero-order valence-corrected chi connectivity index (χ0v) is 23.0. The van der Waals surface area contributed by atoms with Gasteiger partial charge in [0, 0.05) is 12.5 Å². The second kappa shape index (κ2) is 7.48. The van der Waals surface area contributed by atoms with E-state index in [9.17, 15) is 4.79 Å². The molecule has 0 aromatic heterocycles. The topological polar surface area (TPSA) is 35.5 Å². The Balaban J connectivity index is 1.20. The monoisotopic (exact) mass is 470 g/mol. The molecule has 0 radical (unpaired) electrons. The van der Waals surface area contributed by atoms with Crippen LogP contribution in [0.3, 0.4) is 0 Å². The lowest BCUT2D eigenvalue weighted by Crippen LogP contribution is -2.57. The summed E-state index contributed by atoms with van der Waals surface area (Å²) >= 11 is 0. The minimum atomic E-state index is 0.0469. The van der Waals surface area contributed by atoms with E-state index < -0.39 is 0 Å². The normalized spacial score (nSPS) is 54.9. The average Bonchev–Trinajstić information content (AvgIpc) is 3.53. The van der Waals surface area contributed by atoms with Crippen molar-refractivity contribution in [2.24, 2.45) is 69.0 Å². The Kier molecular flexibility index (Phi) is 5.24. The third-order valence-electron chi connectivity index (χ3n) is 13.8. The van der Waals surface area contributed by atoms with E-state index in [1.54, 1.807) is 0 Å². The van der Waals surface area contributed by atoms with Crippen LogP contribution in [0.15, 0.2) is 0 Å². The maximum atomic E-state index is 12.6. The van der Waals surface area contributed by atoms with Crippen LogP contribution in [-0.4, -0.2) is 25.8 Å². The number of rotatable bonds is 6. The highest BCUT2D eigenvalue weighted by atomic mass is 16.5. The molecule has 6 saturated carbocycles. The molecule has 6 aliphatic carbocycles. The summed E-state index contributed by atoms with van der Waals surface area (Å²) in [7, 11) is 2.01. The molecule has 6 fully saturated rings. The summed E-state index contributed by atoms with van der Waals surface area (Å²) in [6.45, 7) is 14.9. The van der Waals surface area contributed by atoms with Gasteiger partial charge in [-0.2, -0.15) is 0 Å². The molecule has 0 aromatic rings. The largest absolute Gasteiger partial charge is 0.466 e. The second-order valence-corrected chi connectivity index (χ2v) is 14.8. The van der Waals surface area contributed by atoms with Crippen LogP contribution in [0, 0.1) is 69.0 Å². The van der Waals surface area contributed by atoms with Gasteiger partial charge in [-0.25, -0.2) is 0 Å². The average molecular weight is 471 g/mol. The highest BCUT2D eigenvalue weighted by Crippen LogP contribution is 2.82.